The van der Waals surface area contributed by atoms with Gasteiger partial charge in [-0.2, -0.15) is 0 Å². The van der Waals surface area contributed by atoms with Crippen molar-refractivity contribution in [3.8, 4) is 0 Å². The minimum Gasteiger partial charge on any atom is -0.393 e. The van der Waals surface area contributed by atoms with Gasteiger partial charge in [-0.1, -0.05) is 94.4 Å². The molecule has 0 aromatic carbocycles. The van der Waals surface area contributed by atoms with Crippen LogP contribution in [0.3, 0.4) is 0 Å². The molecule has 3 heteroatoms. The van der Waals surface area contributed by atoms with Crippen LogP contribution < -0.4 is 11.5 Å². The second-order valence-electron chi connectivity index (χ2n) is 12.9. The van der Waals surface area contributed by atoms with Crippen LogP contribution in [0, 0.1) is 22.2 Å². The third-order valence-electron chi connectivity index (χ3n) is 6.99. The van der Waals surface area contributed by atoms with E-state index in [1.54, 1.807) is 0 Å². The van der Waals surface area contributed by atoms with Gasteiger partial charge in [0.05, 0.1) is 11.8 Å². The van der Waals surface area contributed by atoms with Gasteiger partial charge in [0, 0.05) is 5.41 Å². The van der Waals surface area contributed by atoms with Gasteiger partial charge in [0.15, 0.2) is 0 Å². The van der Waals surface area contributed by atoms with Gasteiger partial charge in [-0.05, 0) is 61.7 Å². The average molecular weight is 427 g/mol. The third-order valence-corrected chi connectivity index (χ3v) is 6.99. The molecule has 0 amide bonds. The van der Waals surface area contributed by atoms with Crippen LogP contribution in [-0.2, 0) is 0 Å². The first-order valence-electron chi connectivity index (χ1n) is 12.8. The maximum absolute atomic E-state index is 11.2. The highest BCUT2D eigenvalue weighted by atomic mass is 16.3. The Morgan fingerprint density at radius 3 is 1.70 bits per heavy atom. The maximum Gasteiger partial charge on any atom is 0.0695 e. The first-order chi connectivity index (χ1) is 13.6. The van der Waals surface area contributed by atoms with E-state index in [-0.39, 0.29) is 22.3 Å². The fourth-order valence-electron chi connectivity index (χ4n) is 4.63. The Hall–Kier alpha value is -0.120. The molecule has 0 saturated heterocycles. The van der Waals surface area contributed by atoms with Crippen molar-refractivity contribution in [1.29, 1.82) is 0 Å². The summed E-state index contributed by atoms with van der Waals surface area (Å²) in [5.41, 5.74) is 13.5. The summed E-state index contributed by atoms with van der Waals surface area (Å²) in [7, 11) is 0. The number of rotatable bonds is 15. The zero-order chi connectivity index (χ0) is 23.6. The summed E-state index contributed by atoms with van der Waals surface area (Å²) in [4.78, 5) is 0. The molecule has 0 saturated carbocycles. The van der Waals surface area contributed by atoms with Crippen LogP contribution in [0.25, 0.3) is 0 Å². The van der Waals surface area contributed by atoms with Gasteiger partial charge in [0.1, 0.15) is 0 Å². The fraction of sp³-hybridized carbons (Fsp3) is 1.00. The molecule has 182 valence electrons. The zero-order valence-corrected chi connectivity index (χ0v) is 22.2. The van der Waals surface area contributed by atoms with E-state index in [0.29, 0.717) is 5.92 Å². The van der Waals surface area contributed by atoms with Crippen molar-refractivity contribution in [1.82, 2.24) is 0 Å². The van der Waals surface area contributed by atoms with Crippen molar-refractivity contribution in [3.05, 3.63) is 0 Å². The molecule has 3 atom stereocenters. The number of aliphatic hydroxyl groups excluding tert-OH is 1. The average Bonchev–Trinajstić information content (AvgIpc) is 2.59. The number of aliphatic hydroxyl groups is 1. The third kappa shape index (κ3) is 12.1. The largest absolute Gasteiger partial charge is 0.393 e. The van der Waals surface area contributed by atoms with Gasteiger partial charge in [0.25, 0.3) is 0 Å². The smallest absolute Gasteiger partial charge is 0.0695 e. The summed E-state index contributed by atoms with van der Waals surface area (Å²) < 4.78 is 0. The molecule has 0 bridgehead atoms. The number of unbranched alkanes of at least 4 members (excludes halogenated alkanes) is 2. The summed E-state index contributed by atoms with van der Waals surface area (Å²) >= 11 is 0. The zero-order valence-electron chi connectivity index (χ0n) is 22.2. The molecular formula is C27H58N2O. The van der Waals surface area contributed by atoms with E-state index in [1.807, 2.05) is 0 Å². The van der Waals surface area contributed by atoms with Crippen LogP contribution in [-0.4, -0.2) is 16.9 Å². The van der Waals surface area contributed by atoms with Crippen LogP contribution in [0.15, 0.2) is 0 Å². The summed E-state index contributed by atoms with van der Waals surface area (Å²) in [6.07, 6.45) is 12.1. The van der Waals surface area contributed by atoms with Crippen molar-refractivity contribution in [2.45, 2.75) is 151 Å². The van der Waals surface area contributed by atoms with Crippen LogP contribution in [0.4, 0.5) is 0 Å². The molecule has 0 radical (unpaired) electrons. The van der Waals surface area contributed by atoms with Crippen molar-refractivity contribution in [3.63, 3.8) is 0 Å². The topological polar surface area (TPSA) is 72.3 Å². The summed E-state index contributed by atoms with van der Waals surface area (Å²) in [5.74, 6) is 0.547. The minimum absolute atomic E-state index is 0.206. The van der Waals surface area contributed by atoms with E-state index >= 15 is 0 Å². The summed E-state index contributed by atoms with van der Waals surface area (Å²) in [6.45, 7) is 20.4. The van der Waals surface area contributed by atoms with Gasteiger partial charge in [0.2, 0.25) is 0 Å². The molecule has 0 heterocycles. The lowest BCUT2D eigenvalue weighted by Crippen LogP contribution is -2.63. The lowest BCUT2D eigenvalue weighted by molar-refractivity contribution is -0.00266. The highest BCUT2D eigenvalue weighted by molar-refractivity contribution is 5.01. The monoisotopic (exact) mass is 426 g/mol. The van der Waals surface area contributed by atoms with E-state index in [2.05, 4.69) is 62.3 Å². The Bertz CT molecular complexity index is 447. The normalized spacial score (nSPS) is 17.6. The molecule has 5 N–H and O–H groups in total. The highest BCUT2D eigenvalue weighted by Crippen LogP contribution is 2.47. The molecule has 0 aromatic rings. The van der Waals surface area contributed by atoms with Crippen LogP contribution in [0.2, 0.25) is 0 Å². The molecule has 30 heavy (non-hydrogen) atoms. The molecule has 0 spiro atoms. The highest BCUT2D eigenvalue weighted by Gasteiger charge is 2.47. The van der Waals surface area contributed by atoms with Gasteiger partial charge in [-0.25, -0.2) is 0 Å². The van der Waals surface area contributed by atoms with Crippen molar-refractivity contribution >= 4 is 0 Å². The Labute approximate surface area is 190 Å². The first-order valence-corrected chi connectivity index (χ1v) is 12.8. The molecule has 0 rings (SSSR count). The van der Waals surface area contributed by atoms with Crippen LogP contribution in [0.1, 0.15) is 139 Å². The predicted molar refractivity (Wildman–Crippen MR) is 134 cm³/mol. The standard InChI is InChI=1S/C27H58N2O/c1-10-12-14-22(3)20-23(30)21-26(15-13-11-2,18-16-24(4,5)6)27(28,29)19-17-25(7,8)9/h22-23,30H,10-21,28-29H2,1-9H3. The number of hydrogen-bond donors (Lipinski definition) is 3. The molecule has 0 fully saturated rings. The maximum atomic E-state index is 11.2. The Morgan fingerprint density at radius 1 is 0.733 bits per heavy atom. The van der Waals surface area contributed by atoms with E-state index in [1.165, 1.54) is 19.3 Å². The molecule has 0 aliphatic carbocycles. The first kappa shape index (κ1) is 29.9. The van der Waals surface area contributed by atoms with Gasteiger partial charge in [-0.3, -0.25) is 0 Å². The van der Waals surface area contributed by atoms with E-state index in [9.17, 15) is 5.11 Å². The molecule has 0 aromatic heterocycles. The molecule has 0 aliphatic heterocycles. The van der Waals surface area contributed by atoms with E-state index in [4.69, 9.17) is 11.5 Å². The predicted octanol–water partition coefficient (Wildman–Crippen LogP) is 7.40. The van der Waals surface area contributed by atoms with Crippen molar-refractivity contribution in [2.24, 2.45) is 33.6 Å². The summed E-state index contributed by atoms with van der Waals surface area (Å²) in [6, 6.07) is 0. The molecule has 3 unspecified atom stereocenters. The number of hydrogen-bond acceptors (Lipinski definition) is 3. The molecule has 0 aliphatic rings. The Morgan fingerprint density at radius 2 is 1.23 bits per heavy atom. The molecular weight excluding hydrogens is 368 g/mol. The second kappa shape index (κ2) is 12.8. The van der Waals surface area contributed by atoms with Crippen molar-refractivity contribution in [2.75, 3.05) is 0 Å². The van der Waals surface area contributed by atoms with Gasteiger partial charge < -0.3 is 16.6 Å². The lowest BCUT2D eigenvalue weighted by Gasteiger charge is -2.50. The Kier molecular flexibility index (Phi) is 12.7. The van der Waals surface area contributed by atoms with E-state index in [0.717, 1.165) is 57.8 Å². The summed E-state index contributed by atoms with van der Waals surface area (Å²) in [5, 5.41) is 11.2. The van der Waals surface area contributed by atoms with Crippen molar-refractivity contribution < 1.29 is 5.11 Å². The van der Waals surface area contributed by atoms with E-state index < -0.39 is 5.66 Å². The van der Waals surface area contributed by atoms with Crippen LogP contribution in [0.5, 0.6) is 0 Å². The van der Waals surface area contributed by atoms with Gasteiger partial charge >= 0.3 is 0 Å². The second-order valence-corrected chi connectivity index (χ2v) is 12.9. The Balaban J connectivity index is 5.72. The lowest BCUT2D eigenvalue weighted by atomic mass is 9.61. The molecule has 3 nitrogen and oxygen atoms in total. The quantitative estimate of drug-likeness (QED) is 0.239. The van der Waals surface area contributed by atoms with Crippen LogP contribution >= 0.6 is 0 Å². The fourth-order valence-corrected chi connectivity index (χ4v) is 4.63. The minimum atomic E-state index is -0.756. The SMILES string of the molecule is CCCCC(C)CC(O)CC(CCCC)(CCC(C)(C)C)C(N)(N)CCC(C)(C)C. The number of nitrogens with two attached hydrogens (primary N) is 2. The van der Waals surface area contributed by atoms with Gasteiger partial charge in [-0.15, -0.1) is 0 Å².